The molecule has 1 fully saturated rings. The van der Waals surface area contributed by atoms with Crippen molar-refractivity contribution < 1.29 is 14.3 Å². The molecule has 0 radical (unpaired) electrons. The number of methoxy groups -OCH3 is 1. The van der Waals surface area contributed by atoms with E-state index in [0.29, 0.717) is 13.2 Å². The molecule has 1 heterocycles. The highest BCUT2D eigenvalue weighted by molar-refractivity contribution is 5.71. The van der Waals surface area contributed by atoms with Crippen molar-refractivity contribution >= 4 is 6.09 Å². The van der Waals surface area contributed by atoms with Crippen LogP contribution in [0.5, 0.6) is 0 Å². The number of nitrogens with zero attached hydrogens (tertiary/aromatic N) is 1. The lowest BCUT2D eigenvalue weighted by Gasteiger charge is -1.98. The van der Waals surface area contributed by atoms with Gasteiger partial charge >= 0.3 is 6.09 Å². The monoisotopic (exact) mass is 141 g/mol. The third-order valence-corrected chi connectivity index (χ3v) is 1.04. The van der Waals surface area contributed by atoms with Gasteiger partial charge in [-0.3, -0.25) is 0 Å². The second-order valence-corrected chi connectivity index (χ2v) is 1.68. The number of amides is 1. The Labute approximate surface area is 58.7 Å². The highest BCUT2D eigenvalue weighted by Crippen LogP contribution is 1.99. The number of cyclic esters (lactones) is 1. The second-order valence-electron chi connectivity index (χ2n) is 1.68. The molecule has 0 aliphatic carbocycles. The van der Waals surface area contributed by atoms with Crippen LogP contribution in [-0.2, 0) is 9.47 Å². The van der Waals surface area contributed by atoms with Crippen molar-refractivity contribution in [2.45, 2.75) is 0 Å². The summed E-state index contributed by atoms with van der Waals surface area (Å²) in [5.41, 5.74) is 0. The molecule has 0 unspecified atom stereocenters. The SMILES string of the molecule is COC#CN1CCOC1=O. The first-order chi connectivity index (χ1) is 4.84. The molecule has 0 aromatic rings. The maximum absolute atomic E-state index is 10.6. The molecule has 54 valence electrons. The molecule has 0 spiro atoms. The van der Waals surface area contributed by atoms with E-state index in [-0.39, 0.29) is 0 Å². The van der Waals surface area contributed by atoms with Crippen molar-refractivity contribution in [1.82, 2.24) is 4.90 Å². The quantitative estimate of drug-likeness (QED) is 0.446. The van der Waals surface area contributed by atoms with Crippen LogP contribution in [0.3, 0.4) is 0 Å². The van der Waals surface area contributed by atoms with E-state index in [1.807, 2.05) is 0 Å². The van der Waals surface area contributed by atoms with Crippen molar-refractivity contribution in [3.8, 4) is 12.2 Å². The van der Waals surface area contributed by atoms with Crippen LogP contribution in [-0.4, -0.2) is 31.3 Å². The van der Waals surface area contributed by atoms with E-state index >= 15 is 0 Å². The van der Waals surface area contributed by atoms with E-state index < -0.39 is 6.09 Å². The molecule has 1 saturated heterocycles. The number of rotatable bonds is 0. The highest BCUT2D eigenvalue weighted by atomic mass is 16.6. The molecule has 0 aromatic carbocycles. The Hall–Kier alpha value is -1.37. The molecule has 1 aliphatic heterocycles. The molecule has 4 nitrogen and oxygen atoms in total. The Kier molecular flexibility index (Phi) is 2.00. The summed E-state index contributed by atoms with van der Waals surface area (Å²) >= 11 is 0. The molecular weight excluding hydrogens is 134 g/mol. The zero-order valence-electron chi connectivity index (χ0n) is 5.59. The van der Waals surface area contributed by atoms with Crippen molar-refractivity contribution in [3.05, 3.63) is 0 Å². The molecule has 10 heavy (non-hydrogen) atoms. The van der Waals surface area contributed by atoms with E-state index in [2.05, 4.69) is 21.6 Å². The van der Waals surface area contributed by atoms with Gasteiger partial charge in [-0.05, 0) is 0 Å². The minimum absolute atomic E-state index is 0.399. The van der Waals surface area contributed by atoms with Crippen LogP contribution in [0.25, 0.3) is 0 Å². The summed E-state index contributed by atoms with van der Waals surface area (Å²) in [4.78, 5) is 11.9. The zero-order chi connectivity index (χ0) is 7.40. The fourth-order valence-corrected chi connectivity index (χ4v) is 0.596. The van der Waals surface area contributed by atoms with Crippen LogP contribution in [0.15, 0.2) is 0 Å². The van der Waals surface area contributed by atoms with Crippen molar-refractivity contribution in [3.63, 3.8) is 0 Å². The first-order valence-electron chi connectivity index (χ1n) is 2.82. The molecule has 4 heteroatoms. The van der Waals surface area contributed by atoms with Crippen molar-refractivity contribution in [2.24, 2.45) is 0 Å². The van der Waals surface area contributed by atoms with Gasteiger partial charge in [0.05, 0.1) is 19.7 Å². The smallest absolute Gasteiger partial charge is 0.421 e. The van der Waals surface area contributed by atoms with Crippen LogP contribution >= 0.6 is 0 Å². The molecule has 0 atom stereocenters. The van der Waals surface area contributed by atoms with Crippen molar-refractivity contribution in [1.29, 1.82) is 0 Å². The van der Waals surface area contributed by atoms with Gasteiger partial charge < -0.3 is 9.47 Å². The number of hydrogen-bond donors (Lipinski definition) is 0. The molecule has 0 aromatic heterocycles. The maximum atomic E-state index is 10.6. The molecule has 1 aliphatic rings. The Morgan fingerprint density at radius 1 is 1.80 bits per heavy atom. The van der Waals surface area contributed by atoms with Gasteiger partial charge in [0.25, 0.3) is 0 Å². The normalized spacial score (nSPS) is 15.7. The molecule has 1 amide bonds. The first-order valence-corrected chi connectivity index (χ1v) is 2.82. The van der Waals surface area contributed by atoms with E-state index in [0.717, 1.165) is 0 Å². The zero-order valence-corrected chi connectivity index (χ0v) is 5.59. The third kappa shape index (κ3) is 1.32. The van der Waals surface area contributed by atoms with Gasteiger partial charge in [0.2, 0.25) is 0 Å². The first kappa shape index (κ1) is 6.75. The fourth-order valence-electron chi connectivity index (χ4n) is 0.596. The number of ether oxygens (including phenoxy) is 2. The Balaban J connectivity index is 2.48. The molecular formula is C6H7NO3. The van der Waals surface area contributed by atoms with Crippen LogP contribution in [0, 0.1) is 12.2 Å². The van der Waals surface area contributed by atoms with Crippen LogP contribution in [0.4, 0.5) is 4.79 Å². The number of carbonyl (C=O) groups is 1. The topological polar surface area (TPSA) is 38.8 Å². The Bertz CT molecular complexity index is 191. The molecule has 0 N–H and O–H groups in total. The highest BCUT2D eigenvalue weighted by Gasteiger charge is 2.19. The lowest BCUT2D eigenvalue weighted by Crippen LogP contribution is -2.17. The fraction of sp³-hybridized carbons (Fsp3) is 0.500. The van der Waals surface area contributed by atoms with Crippen LogP contribution in [0.1, 0.15) is 0 Å². The second kappa shape index (κ2) is 2.97. The molecule has 1 rings (SSSR count). The van der Waals surface area contributed by atoms with E-state index in [4.69, 9.17) is 0 Å². The predicted octanol–water partition coefficient (Wildman–Crippen LogP) is 0.00340. The van der Waals surface area contributed by atoms with Gasteiger partial charge in [-0.15, -0.1) is 0 Å². The maximum Gasteiger partial charge on any atom is 0.421 e. The Morgan fingerprint density at radius 2 is 2.60 bits per heavy atom. The molecule has 0 bridgehead atoms. The van der Waals surface area contributed by atoms with Gasteiger partial charge in [-0.1, -0.05) is 0 Å². The van der Waals surface area contributed by atoms with E-state index in [1.54, 1.807) is 0 Å². The van der Waals surface area contributed by atoms with Gasteiger partial charge in [0.1, 0.15) is 12.7 Å². The standard InChI is InChI=1S/C6H7NO3/c1-9-4-2-7-3-5-10-6(7)8/h3,5H2,1H3. The Morgan fingerprint density at radius 3 is 3.10 bits per heavy atom. The van der Waals surface area contributed by atoms with Crippen molar-refractivity contribution in [2.75, 3.05) is 20.3 Å². The summed E-state index contributed by atoms with van der Waals surface area (Å²) < 4.78 is 9.03. The van der Waals surface area contributed by atoms with E-state index in [9.17, 15) is 4.79 Å². The lowest BCUT2D eigenvalue weighted by atomic mass is 10.6. The third-order valence-electron chi connectivity index (χ3n) is 1.04. The van der Waals surface area contributed by atoms with Gasteiger partial charge in [-0.2, -0.15) is 0 Å². The molecule has 0 saturated carbocycles. The summed E-state index contributed by atoms with van der Waals surface area (Å²) in [6.07, 6.45) is 1.90. The average molecular weight is 141 g/mol. The van der Waals surface area contributed by atoms with Crippen LogP contribution < -0.4 is 0 Å². The summed E-state index contributed by atoms with van der Waals surface area (Å²) in [5.74, 6) is 0. The van der Waals surface area contributed by atoms with E-state index in [1.165, 1.54) is 12.0 Å². The summed E-state index contributed by atoms with van der Waals surface area (Å²) in [6.45, 7) is 0.937. The summed E-state index contributed by atoms with van der Waals surface area (Å²) in [6, 6.07) is 2.47. The van der Waals surface area contributed by atoms with Crippen LogP contribution in [0.2, 0.25) is 0 Å². The predicted molar refractivity (Wildman–Crippen MR) is 32.8 cm³/mol. The lowest BCUT2D eigenvalue weighted by molar-refractivity contribution is 0.167. The van der Waals surface area contributed by atoms with Gasteiger partial charge in [0, 0.05) is 0 Å². The number of hydrogen-bond acceptors (Lipinski definition) is 3. The summed E-state index contributed by atoms with van der Waals surface area (Å²) in [7, 11) is 1.44. The average Bonchev–Trinajstić information content (AvgIpc) is 2.31. The minimum Gasteiger partial charge on any atom is -0.449 e. The summed E-state index contributed by atoms with van der Waals surface area (Å²) in [5, 5.41) is 0. The number of carbonyl (C=O) groups excluding carboxylic acids is 1. The van der Waals surface area contributed by atoms with Gasteiger partial charge in [-0.25, -0.2) is 9.69 Å². The minimum atomic E-state index is -0.399. The largest absolute Gasteiger partial charge is 0.449 e. The van der Waals surface area contributed by atoms with Gasteiger partial charge in [0.15, 0.2) is 0 Å².